The Morgan fingerprint density at radius 1 is 1.45 bits per heavy atom. The highest BCUT2D eigenvalue weighted by molar-refractivity contribution is 7.92. The van der Waals surface area contributed by atoms with Gasteiger partial charge in [-0.25, -0.2) is 0 Å². The average molecular weight is 296 g/mol. The SMILES string of the molecule is Cc1[nH]nc(S(=O)(=O)Nc2cn[nH]c2)c1CNC1CC1. The van der Waals surface area contributed by atoms with Gasteiger partial charge in [0.1, 0.15) is 0 Å². The molecule has 1 saturated carbocycles. The second kappa shape index (κ2) is 4.91. The lowest BCUT2D eigenvalue weighted by atomic mass is 10.2. The Bertz CT molecular complexity index is 687. The zero-order valence-corrected chi connectivity index (χ0v) is 11.8. The molecule has 0 amide bonds. The van der Waals surface area contributed by atoms with E-state index in [9.17, 15) is 8.42 Å². The molecule has 0 saturated heterocycles. The molecule has 8 nitrogen and oxygen atoms in total. The molecule has 0 bridgehead atoms. The zero-order valence-electron chi connectivity index (χ0n) is 11.0. The molecular weight excluding hydrogens is 280 g/mol. The van der Waals surface area contributed by atoms with Crippen LogP contribution in [0.3, 0.4) is 0 Å². The minimum Gasteiger partial charge on any atom is -0.310 e. The van der Waals surface area contributed by atoms with Gasteiger partial charge in [-0.05, 0) is 19.8 Å². The van der Waals surface area contributed by atoms with Crippen molar-refractivity contribution >= 4 is 15.7 Å². The standard InChI is InChI=1S/C11H16N6O2S/c1-7-10(6-12-8-2-3-8)11(16-15-7)20(18,19)17-9-4-13-14-5-9/h4-5,8,12,17H,2-3,6H2,1H3,(H,13,14)(H,15,16). The molecule has 1 fully saturated rings. The number of hydrogen-bond donors (Lipinski definition) is 4. The first-order valence-corrected chi connectivity index (χ1v) is 7.83. The molecule has 20 heavy (non-hydrogen) atoms. The van der Waals surface area contributed by atoms with E-state index >= 15 is 0 Å². The highest BCUT2D eigenvalue weighted by atomic mass is 32.2. The van der Waals surface area contributed by atoms with Crippen molar-refractivity contribution in [3.63, 3.8) is 0 Å². The van der Waals surface area contributed by atoms with E-state index in [0.29, 0.717) is 23.8 Å². The predicted octanol–water partition coefficient (Wildman–Crippen LogP) is 0.494. The normalized spacial score (nSPS) is 15.4. The van der Waals surface area contributed by atoms with Gasteiger partial charge < -0.3 is 5.32 Å². The van der Waals surface area contributed by atoms with Gasteiger partial charge in [0.05, 0.1) is 11.9 Å². The van der Waals surface area contributed by atoms with E-state index in [4.69, 9.17) is 0 Å². The second-order valence-electron chi connectivity index (χ2n) is 4.88. The number of aromatic amines is 2. The number of hydrogen-bond acceptors (Lipinski definition) is 5. The third-order valence-electron chi connectivity index (χ3n) is 3.19. The summed E-state index contributed by atoms with van der Waals surface area (Å²) < 4.78 is 27.1. The fourth-order valence-corrected chi connectivity index (χ4v) is 3.14. The fourth-order valence-electron chi connectivity index (χ4n) is 1.90. The number of aromatic nitrogens is 4. The molecule has 1 aliphatic rings. The van der Waals surface area contributed by atoms with E-state index in [1.54, 1.807) is 0 Å². The van der Waals surface area contributed by atoms with Crippen molar-refractivity contribution in [1.82, 2.24) is 25.7 Å². The summed E-state index contributed by atoms with van der Waals surface area (Å²) in [6.07, 6.45) is 5.16. The maximum absolute atomic E-state index is 12.3. The van der Waals surface area contributed by atoms with Crippen LogP contribution in [-0.2, 0) is 16.6 Å². The van der Waals surface area contributed by atoms with Crippen molar-refractivity contribution in [3.05, 3.63) is 23.7 Å². The van der Waals surface area contributed by atoms with E-state index in [1.165, 1.54) is 12.4 Å². The lowest BCUT2D eigenvalue weighted by molar-refractivity contribution is 0.593. The summed E-state index contributed by atoms with van der Waals surface area (Å²) >= 11 is 0. The van der Waals surface area contributed by atoms with Gasteiger partial charge >= 0.3 is 0 Å². The Morgan fingerprint density at radius 2 is 2.25 bits per heavy atom. The van der Waals surface area contributed by atoms with Gasteiger partial charge in [0.2, 0.25) is 5.03 Å². The summed E-state index contributed by atoms with van der Waals surface area (Å²) in [4.78, 5) is 0. The highest BCUT2D eigenvalue weighted by Gasteiger charge is 2.26. The number of nitrogens with zero attached hydrogens (tertiary/aromatic N) is 2. The number of anilines is 1. The Labute approximate surface area is 116 Å². The Kier molecular flexibility index (Phi) is 3.22. The quantitative estimate of drug-likeness (QED) is 0.619. The monoisotopic (exact) mass is 296 g/mol. The average Bonchev–Trinajstić information content (AvgIpc) is 2.94. The van der Waals surface area contributed by atoms with Crippen LogP contribution < -0.4 is 10.0 Å². The first kappa shape index (κ1) is 13.1. The van der Waals surface area contributed by atoms with Crippen LogP contribution in [0.25, 0.3) is 0 Å². The molecule has 0 radical (unpaired) electrons. The zero-order chi connectivity index (χ0) is 14.2. The third-order valence-corrected chi connectivity index (χ3v) is 4.54. The topological polar surface area (TPSA) is 116 Å². The largest absolute Gasteiger partial charge is 0.310 e. The van der Waals surface area contributed by atoms with E-state index < -0.39 is 10.0 Å². The molecule has 0 aromatic carbocycles. The molecular formula is C11H16N6O2S. The fraction of sp³-hybridized carbons (Fsp3) is 0.455. The van der Waals surface area contributed by atoms with Gasteiger partial charge in [-0.3, -0.25) is 14.9 Å². The summed E-state index contributed by atoms with van der Waals surface area (Å²) in [6, 6.07) is 0.502. The van der Waals surface area contributed by atoms with E-state index in [1.807, 2.05) is 6.92 Å². The Balaban J connectivity index is 1.84. The molecule has 108 valence electrons. The molecule has 2 heterocycles. The van der Waals surface area contributed by atoms with Crippen LogP contribution in [0.4, 0.5) is 5.69 Å². The summed E-state index contributed by atoms with van der Waals surface area (Å²) in [7, 11) is -3.71. The molecule has 0 aliphatic heterocycles. The van der Waals surface area contributed by atoms with Crippen LogP contribution in [0.1, 0.15) is 24.1 Å². The number of H-pyrrole nitrogens is 2. The minimum absolute atomic E-state index is 0.0318. The van der Waals surface area contributed by atoms with Crippen molar-refractivity contribution in [2.45, 2.75) is 37.4 Å². The number of rotatable bonds is 6. The predicted molar refractivity (Wildman–Crippen MR) is 72.6 cm³/mol. The summed E-state index contributed by atoms with van der Waals surface area (Å²) in [5.41, 5.74) is 1.81. The molecule has 0 spiro atoms. The van der Waals surface area contributed by atoms with Crippen LogP contribution in [0.15, 0.2) is 17.4 Å². The van der Waals surface area contributed by atoms with Crippen LogP contribution in [0.5, 0.6) is 0 Å². The van der Waals surface area contributed by atoms with Crippen molar-refractivity contribution in [2.75, 3.05) is 4.72 Å². The summed E-state index contributed by atoms with van der Waals surface area (Å²) in [5.74, 6) is 0. The van der Waals surface area contributed by atoms with Crippen molar-refractivity contribution in [2.24, 2.45) is 0 Å². The van der Waals surface area contributed by atoms with Crippen LogP contribution in [0, 0.1) is 6.92 Å². The molecule has 1 aliphatic carbocycles. The Morgan fingerprint density at radius 3 is 2.90 bits per heavy atom. The minimum atomic E-state index is -3.71. The third kappa shape index (κ3) is 2.68. The van der Waals surface area contributed by atoms with Gasteiger partial charge in [0.15, 0.2) is 0 Å². The summed E-state index contributed by atoms with van der Waals surface area (Å²) in [6.45, 7) is 2.31. The van der Waals surface area contributed by atoms with E-state index in [-0.39, 0.29) is 5.03 Å². The van der Waals surface area contributed by atoms with Gasteiger partial charge in [-0.2, -0.15) is 18.6 Å². The van der Waals surface area contributed by atoms with Gasteiger partial charge in [-0.15, -0.1) is 0 Å². The second-order valence-corrected chi connectivity index (χ2v) is 6.48. The molecule has 2 aromatic heterocycles. The van der Waals surface area contributed by atoms with Crippen LogP contribution in [0.2, 0.25) is 0 Å². The van der Waals surface area contributed by atoms with Gasteiger partial charge in [0.25, 0.3) is 10.0 Å². The maximum atomic E-state index is 12.3. The summed E-state index contributed by atoms with van der Waals surface area (Å²) in [5, 5.41) is 16.2. The molecule has 9 heteroatoms. The first-order valence-electron chi connectivity index (χ1n) is 6.35. The van der Waals surface area contributed by atoms with Crippen LogP contribution >= 0.6 is 0 Å². The van der Waals surface area contributed by atoms with Crippen LogP contribution in [-0.4, -0.2) is 34.9 Å². The first-order chi connectivity index (χ1) is 9.56. The molecule has 3 rings (SSSR count). The Hall–Kier alpha value is -1.87. The highest BCUT2D eigenvalue weighted by Crippen LogP contribution is 2.23. The van der Waals surface area contributed by atoms with Gasteiger partial charge in [0, 0.05) is 30.0 Å². The smallest absolute Gasteiger partial charge is 0.281 e. The lowest BCUT2D eigenvalue weighted by Crippen LogP contribution is -2.20. The lowest BCUT2D eigenvalue weighted by Gasteiger charge is -2.07. The molecule has 0 atom stereocenters. The number of aryl methyl sites for hydroxylation is 1. The van der Waals surface area contributed by atoms with Crippen molar-refractivity contribution in [1.29, 1.82) is 0 Å². The van der Waals surface area contributed by atoms with Gasteiger partial charge in [-0.1, -0.05) is 0 Å². The van der Waals surface area contributed by atoms with Crippen molar-refractivity contribution < 1.29 is 8.42 Å². The molecule has 4 N–H and O–H groups in total. The number of sulfonamides is 1. The van der Waals surface area contributed by atoms with E-state index in [0.717, 1.165) is 18.5 Å². The maximum Gasteiger partial charge on any atom is 0.281 e. The van der Waals surface area contributed by atoms with E-state index in [2.05, 4.69) is 30.4 Å². The molecule has 2 aromatic rings. The number of nitrogens with one attached hydrogen (secondary N) is 4. The molecule has 0 unspecified atom stereocenters. The van der Waals surface area contributed by atoms with Crippen molar-refractivity contribution in [3.8, 4) is 0 Å².